The normalized spacial score (nSPS) is 13.0. The lowest BCUT2D eigenvalue weighted by molar-refractivity contribution is 0.0979. The van der Waals surface area contributed by atoms with Gasteiger partial charge in [-0.15, -0.1) is 0 Å². The molecule has 3 rings (SSSR count). The molecular formula is C19H21N3O2. The average Bonchev–Trinajstić information content (AvgIpc) is 2.63. The SMILES string of the molecule is CCN(CC)CCNc1nccc2c1C(=O)c1ccccc1C2=O. The summed E-state index contributed by atoms with van der Waals surface area (Å²) in [5.41, 5.74) is 1.74. The van der Waals surface area contributed by atoms with Crippen molar-refractivity contribution in [1.82, 2.24) is 9.88 Å². The first-order valence-electron chi connectivity index (χ1n) is 8.31. The maximum Gasteiger partial charge on any atom is 0.198 e. The van der Waals surface area contributed by atoms with Crippen LogP contribution in [0.25, 0.3) is 0 Å². The monoisotopic (exact) mass is 323 g/mol. The van der Waals surface area contributed by atoms with Gasteiger partial charge in [-0.05, 0) is 19.2 Å². The molecule has 1 aromatic carbocycles. The van der Waals surface area contributed by atoms with E-state index in [0.717, 1.165) is 19.6 Å². The van der Waals surface area contributed by atoms with Crippen LogP contribution in [0, 0.1) is 0 Å². The number of ketones is 2. The fraction of sp³-hybridized carbons (Fsp3) is 0.316. The van der Waals surface area contributed by atoms with Crippen LogP contribution in [0.3, 0.4) is 0 Å². The highest BCUT2D eigenvalue weighted by Gasteiger charge is 2.31. The fourth-order valence-corrected chi connectivity index (χ4v) is 3.05. The number of benzene rings is 1. The Balaban J connectivity index is 1.90. The second-order valence-corrected chi connectivity index (χ2v) is 5.74. The summed E-state index contributed by atoms with van der Waals surface area (Å²) in [5, 5.41) is 3.23. The van der Waals surface area contributed by atoms with Gasteiger partial charge >= 0.3 is 0 Å². The lowest BCUT2D eigenvalue weighted by Crippen LogP contribution is -2.30. The summed E-state index contributed by atoms with van der Waals surface area (Å²) in [5.74, 6) is 0.237. The summed E-state index contributed by atoms with van der Waals surface area (Å²) >= 11 is 0. The maximum absolute atomic E-state index is 12.8. The third-order valence-electron chi connectivity index (χ3n) is 4.45. The van der Waals surface area contributed by atoms with E-state index in [1.165, 1.54) is 0 Å². The number of carbonyl (C=O) groups excluding carboxylic acids is 2. The highest BCUT2D eigenvalue weighted by Crippen LogP contribution is 2.30. The minimum Gasteiger partial charge on any atom is -0.368 e. The largest absolute Gasteiger partial charge is 0.368 e. The van der Waals surface area contributed by atoms with Gasteiger partial charge in [0.1, 0.15) is 5.82 Å². The Morgan fingerprint density at radius 2 is 1.62 bits per heavy atom. The average molecular weight is 323 g/mol. The zero-order valence-electron chi connectivity index (χ0n) is 14.0. The molecule has 0 unspecified atom stereocenters. The molecule has 1 N–H and O–H groups in total. The molecule has 0 amide bonds. The Hall–Kier alpha value is -2.53. The minimum atomic E-state index is -0.140. The van der Waals surface area contributed by atoms with Crippen molar-refractivity contribution in [3.8, 4) is 0 Å². The Kier molecular flexibility index (Phi) is 4.71. The summed E-state index contributed by atoms with van der Waals surface area (Å²) in [6, 6.07) is 8.58. The number of likely N-dealkylation sites (N-methyl/N-ethyl adjacent to an activating group) is 1. The van der Waals surface area contributed by atoms with Crippen LogP contribution in [-0.4, -0.2) is 47.6 Å². The quantitative estimate of drug-likeness (QED) is 0.755. The summed E-state index contributed by atoms with van der Waals surface area (Å²) in [4.78, 5) is 32.1. The molecule has 1 heterocycles. The second-order valence-electron chi connectivity index (χ2n) is 5.74. The topological polar surface area (TPSA) is 62.3 Å². The fourth-order valence-electron chi connectivity index (χ4n) is 3.05. The van der Waals surface area contributed by atoms with Crippen molar-refractivity contribution >= 4 is 17.4 Å². The number of fused-ring (bicyclic) bond motifs is 2. The van der Waals surface area contributed by atoms with Gasteiger partial charge in [0.05, 0.1) is 5.56 Å². The van der Waals surface area contributed by atoms with E-state index in [0.29, 0.717) is 34.6 Å². The predicted octanol–water partition coefficient (Wildman–Crippen LogP) is 2.61. The van der Waals surface area contributed by atoms with Gasteiger partial charge in [0.2, 0.25) is 0 Å². The number of pyridine rings is 1. The van der Waals surface area contributed by atoms with Crippen LogP contribution in [0.1, 0.15) is 45.7 Å². The van der Waals surface area contributed by atoms with Gasteiger partial charge < -0.3 is 10.2 Å². The van der Waals surface area contributed by atoms with E-state index in [4.69, 9.17) is 0 Å². The van der Waals surface area contributed by atoms with Gasteiger partial charge in [0, 0.05) is 36.0 Å². The zero-order chi connectivity index (χ0) is 17.1. The van der Waals surface area contributed by atoms with E-state index in [-0.39, 0.29) is 11.6 Å². The molecule has 124 valence electrons. The van der Waals surface area contributed by atoms with Gasteiger partial charge in [0.25, 0.3) is 0 Å². The van der Waals surface area contributed by atoms with E-state index in [1.807, 2.05) is 0 Å². The first-order chi connectivity index (χ1) is 11.7. The van der Waals surface area contributed by atoms with E-state index < -0.39 is 0 Å². The molecule has 0 spiro atoms. The molecule has 0 fully saturated rings. The molecule has 24 heavy (non-hydrogen) atoms. The van der Waals surface area contributed by atoms with Crippen LogP contribution < -0.4 is 5.32 Å². The van der Waals surface area contributed by atoms with Crippen molar-refractivity contribution in [2.75, 3.05) is 31.5 Å². The van der Waals surface area contributed by atoms with Crippen LogP contribution in [0.2, 0.25) is 0 Å². The third-order valence-corrected chi connectivity index (χ3v) is 4.45. The van der Waals surface area contributed by atoms with E-state index in [2.05, 4.69) is 29.0 Å². The summed E-state index contributed by atoms with van der Waals surface area (Å²) in [6.07, 6.45) is 1.58. The lowest BCUT2D eigenvalue weighted by Gasteiger charge is -2.21. The summed E-state index contributed by atoms with van der Waals surface area (Å²) in [6.45, 7) is 7.72. The Morgan fingerprint density at radius 3 is 2.29 bits per heavy atom. The van der Waals surface area contributed by atoms with Gasteiger partial charge in [-0.2, -0.15) is 0 Å². The van der Waals surface area contributed by atoms with Crippen molar-refractivity contribution in [3.05, 3.63) is 58.8 Å². The summed E-state index contributed by atoms with van der Waals surface area (Å²) < 4.78 is 0. The minimum absolute atomic E-state index is 0.116. The zero-order valence-corrected chi connectivity index (χ0v) is 14.0. The molecule has 0 saturated heterocycles. The molecular weight excluding hydrogens is 302 g/mol. The van der Waals surface area contributed by atoms with Crippen LogP contribution in [0.4, 0.5) is 5.82 Å². The third kappa shape index (κ3) is 2.83. The molecule has 0 atom stereocenters. The lowest BCUT2D eigenvalue weighted by atomic mass is 9.84. The van der Waals surface area contributed by atoms with Crippen LogP contribution in [0.5, 0.6) is 0 Å². The van der Waals surface area contributed by atoms with E-state index in [9.17, 15) is 9.59 Å². The Morgan fingerprint density at radius 1 is 0.958 bits per heavy atom. The maximum atomic E-state index is 12.8. The van der Waals surface area contributed by atoms with Gasteiger partial charge in [-0.1, -0.05) is 38.1 Å². The van der Waals surface area contributed by atoms with Gasteiger partial charge in [-0.25, -0.2) is 4.98 Å². The first kappa shape index (κ1) is 16.3. The van der Waals surface area contributed by atoms with Crippen molar-refractivity contribution in [2.24, 2.45) is 0 Å². The number of carbonyl (C=O) groups is 2. The number of hydrogen-bond acceptors (Lipinski definition) is 5. The van der Waals surface area contributed by atoms with Crippen molar-refractivity contribution in [2.45, 2.75) is 13.8 Å². The number of anilines is 1. The number of aromatic nitrogens is 1. The van der Waals surface area contributed by atoms with Crippen molar-refractivity contribution in [1.29, 1.82) is 0 Å². The number of nitrogens with one attached hydrogen (secondary N) is 1. The molecule has 0 aliphatic heterocycles. The smallest absolute Gasteiger partial charge is 0.198 e. The van der Waals surface area contributed by atoms with Crippen LogP contribution >= 0.6 is 0 Å². The van der Waals surface area contributed by atoms with Crippen molar-refractivity contribution < 1.29 is 9.59 Å². The molecule has 0 saturated carbocycles. The van der Waals surface area contributed by atoms with Crippen LogP contribution in [-0.2, 0) is 0 Å². The molecule has 0 bridgehead atoms. The summed E-state index contributed by atoms with van der Waals surface area (Å²) in [7, 11) is 0. The van der Waals surface area contributed by atoms with Gasteiger partial charge in [-0.3, -0.25) is 9.59 Å². The predicted molar refractivity (Wildman–Crippen MR) is 93.8 cm³/mol. The molecule has 0 radical (unpaired) electrons. The highest BCUT2D eigenvalue weighted by molar-refractivity contribution is 6.29. The van der Waals surface area contributed by atoms with Crippen molar-refractivity contribution in [3.63, 3.8) is 0 Å². The Bertz CT molecular complexity index is 782. The number of hydrogen-bond donors (Lipinski definition) is 1. The molecule has 1 aromatic heterocycles. The highest BCUT2D eigenvalue weighted by atomic mass is 16.1. The van der Waals surface area contributed by atoms with Crippen LogP contribution in [0.15, 0.2) is 36.5 Å². The molecule has 1 aliphatic rings. The molecule has 2 aromatic rings. The molecule has 1 aliphatic carbocycles. The Labute approximate surface area is 141 Å². The standard InChI is InChI=1S/C19H21N3O2/c1-3-22(4-2)12-11-21-19-16-15(9-10-20-19)17(23)13-7-5-6-8-14(13)18(16)24/h5-10H,3-4,11-12H2,1-2H3,(H,20,21). The number of nitrogens with zero attached hydrogens (tertiary/aromatic N) is 2. The second kappa shape index (κ2) is 6.93. The first-order valence-corrected chi connectivity index (χ1v) is 8.31. The molecule has 5 heteroatoms. The molecule has 5 nitrogen and oxygen atoms in total. The van der Waals surface area contributed by atoms with E-state index in [1.54, 1.807) is 36.5 Å². The number of rotatable bonds is 6. The van der Waals surface area contributed by atoms with Gasteiger partial charge in [0.15, 0.2) is 11.6 Å². The van der Waals surface area contributed by atoms with E-state index >= 15 is 0 Å².